The smallest absolute Gasteiger partial charge is 0.456 e. The first-order valence-electron chi connectivity index (χ1n) is 9.63. The third kappa shape index (κ3) is 4.95. The van der Waals surface area contributed by atoms with Gasteiger partial charge >= 0.3 is 12.1 Å². The molecule has 0 unspecified atom stereocenters. The fourth-order valence-electron chi connectivity index (χ4n) is 3.45. The van der Waals surface area contributed by atoms with Gasteiger partial charge in [-0.2, -0.15) is 0 Å². The fourth-order valence-corrected chi connectivity index (χ4v) is 4.58. The van der Waals surface area contributed by atoms with Crippen LogP contribution in [0.3, 0.4) is 0 Å². The van der Waals surface area contributed by atoms with E-state index >= 15 is 0 Å². The molecule has 0 amide bonds. The predicted molar refractivity (Wildman–Crippen MR) is 108 cm³/mol. The van der Waals surface area contributed by atoms with Crippen molar-refractivity contribution in [1.29, 1.82) is 0 Å². The highest BCUT2D eigenvalue weighted by Crippen LogP contribution is 2.39. The molecule has 5 atom stereocenters. The average Bonchev–Trinajstić information content (AvgIpc) is 3.14. The van der Waals surface area contributed by atoms with Crippen LogP contribution in [0.1, 0.15) is 12.5 Å². The number of carbonyl (C=O) groups is 2. The Morgan fingerprint density at radius 2 is 1.67 bits per heavy atom. The molecule has 0 spiro atoms. The summed E-state index contributed by atoms with van der Waals surface area (Å²) in [6, 6.07) is 19.4. The average molecular weight is 430 g/mol. The normalized spacial score (nSPS) is 27.6. The Morgan fingerprint density at radius 3 is 2.37 bits per heavy atom. The van der Waals surface area contributed by atoms with Crippen LogP contribution in [0.15, 0.2) is 65.6 Å². The Kier molecular flexibility index (Phi) is 6.56. The van der Waals surface area contributed by atoms with Crippen molar-refractivity contribution >= 4 is 23.9 Å². The van der Waals surface area contributed by atoms with Gasteiger partial charge in [-0.25, -0.2) is 4.79 Å². The molecule has 4 rings (SSSR count). The highest BCUT2D eigenvalue weighted by Gasteiger charge is 2.56. The zero-order chi connectivity index (χ0) is 20.9. The quantitative estimate of drug-likeness (QED) is 0.617. The summed E-state index contributed by atoms with van der Waals surface area (Å²) in [4.78, 5) is 24.5. The van der Waals surface area contributed by atoms with E-state index in [-0.39, 0.29) is 6.61 Å². The SMILES string of the molecule is CC(=O)O[C@H]1[C@@H]2OC(=O)O[C@H]2[C@@H](Sc2ccccc2)O[C@@H]1COCc1ccccc1. The Bertz CT molecular complexity index is 860. The lowest BCUT2D eigenvalue weighted by Gasteiger charge is -2.40. The van der Waals surface area contributed by atoms with Crippen LogP contribution in [0.25, 0.3) is 0 Å². The van der Waals surface area contributed by atoms with E-state index in [2.05, 4.69) is 0 Å². The highest BCUT2D eigenvalue weighted by atomic mass is 32.2. The standard InChI is InChI=1S/C22H22O7S/c1-14(23)26-18-17(13-25-12-15-8-4-2-5-9-15)27-21(20-19(18)28-22(24)29-20)30-16-10-6-3-7-11-16/h2-11,17-21H,12-13H2,1H3/t17-,18-,19+,20-,21-/m1/s1. The van der Waals surface area contributed by atoms with Crippen LogP contribution >= 0.6 is 11.8 Å². The summed E-state index contributed by atoms with van der Waals surface area (Å²) in [5.74, 6) is -0.493. The minimum Gasteiger partial charge on any atom is -0.456 e. The van der Waals surface area contributed by atoms with Gasteiger partial charge in [-0.15, -0.1) is 0 Å². The van der Waals surface area contributed by atoms with Crippen molar-refractivity contribution < 1.29 is 33.3 Å². The summed E-state index contributed by atoms with van der Waals surface area (Å²) in [5, 5.41) is 0. The number of fused-ring (bicyclic) bond motifs is 1. The number of carbonyl (C=O) groups excluding carboxylic acids is 2. The second-order valence-corrected chi connectivity index (χ2v) is 8.14. The lowest BCUT2D eigenvalue weighted by molar-refractivity contribution is -0.200. The van der Waals surface area contributed by atoms with Gasteiger partial charge in [0.1, 0.15) is 11.5 Å². The van der Waals surface area contributed by atoms with E-state index in [0.29, 0.717) is 6.61 Å². The molecular formula is C22H22O7S. The van der Waals surface area contributed by atoms with Crippen LogP contribution in [-0.4, -0.2) is 48.6 Å². The fraction of sp³-hybridized carbons (Fsp3) is 0.364. The summed E-state index contributed by atoms with van der Waals surface area (Å²) in [7, 11) is 0. The molecule has 2 aliphatic rings. The molecule has 0 radical (unpaired) electrons. The van der Waals surface area contributed by atoms with Crippen LogP contribution in [0.5, 0.6) is 0 Å². The second kappa shape index (κ2) is 9.51. The van der Waals surface area contributed by atoms with Crippen molar-refractivity contribution in [3.05, 3.63) is 66.2 Å². The first-order chi connectivity index (χ1) is 14.6. The van der Waals surface area contributed by atoms with Crippen molar-refractivity contribution in [3.8, 4) is 0 Å². The molecular weight excluding hydrogens is 408 g/mol. The third-order valence-corrected chi connectivity index (χ3v) is 5.90. The summed E-state index contributed by atoms with van der Waals surface area (Å²) in [6.07, 6.45) is -3.69. The number of hydrogen-bond acceptors (Lipinski definition) is 8. The maximum Gasteiger partial charge on any atom is 0.509 e. The van der Waals surface area contributed by atoms with Crippen LogP contribution in [-0.2, 0) is 35.1 Å². The van der Waals surface area contributed by atoms with E-state index in [1.807, 2.05) is 60.7 Å². The van der Waals surface area contributed by atoms with Crippen LogP contribution in [0.4, 0.5) is 4.79 Å². The lowest BCUT2D eigenvalue weighted by Crippen LogP contribution is -2.57. The first kappa shape index (κ1) is 20.7. The summed E-state index contributed by atoms with van der Waals surface area (Å²) >= 11 is 1.42. The van der Waals surface area contributed by atoms with Gasteiger partial charge in [0.05, 0.1) is 13.2 Å². The molecule has 2 aliphatic heterocycles. The molecule has 2 aromatic carbocycles. The Hall–Kier alpha value is -2.55. The monoisotopic (exact) mass is 430 g/mol. The molecule has 0 N–H and O–H groups in total. The van der Waals surface area contributed by atoms with Crippen LogP contribution < -0.4 is 0 Å². The maximum absolute atomic E-state index is 11.9. The van der Waals surface area contributed by atoms with Gasteiger partial charge in [-0.3, -0.25) is 4.79 Å². The molecule has 2 saturated heterocycles. The van der Waals surface area contributed by atoms with E-state index in [1.165, 1.54) is 18.7 Å². The molecule has 7 nitrogen and oxygen atoms in total. The molecule has 158 valence electrons. The number of ether oxygens (including phenoxy) is 5. The third-order valence-electron chi connectivity index (χ3n) is 4.75. The van der Waals surface area contributed by atoms with Gasteiger partial charge in [-0.1, -0.05) is 60.3 Å². The van der Waals surface area contributed by atoms with Gasteiger partial charge < -0.3 is 23.7 Å². The number of hydrogen-bond donors (Lipinski definition) is 0. The van der Waals surface area contributed by atoms with E-state index in [4.69, 9.17) is 23.7 Å². The van der Waals surface area contributed by atoms with Crippen molar-refractivity contribution in [3.63, 3.8) is 0 Å². The molecule has 30 heavy (non-hydrogen) atoms. The summed E-state index contributed by atoms with van der Waals surface area (Å²) < 4.78 is 28.2. The number of rotatable bonds is 7. The van der Waals surface area contributed by atoms with Crippen LogP contribution in [0, 0.1) is 0 Å². The lowest BCUT2D eigenvalue weighted by atomic mass is 10.00. The molecule has 0 bridgehead atoms. The molecule has 0 aliphatic carbocycles. The predicted octanol–water partition coefficient (Wildman–Crippen LogP) is 3.56. The zero-order valence-electron chi connectivity index (χ0n) is 16.3. The largest absolute Gasteiger partial charge is 0.509 e. The Balaban J connectivity index is 1.50. The maximum atomic E-state index is 11.9. The van der Waals surface area contributed by atoms with Crippen LogP contribution in [0.2, 0.25) is 0 Å². The molecule has 0 saturated carbocycles. The minimum absolute atomic E-state index is 0.166. The highest BCUT2D eigenvalue weighted by molar-refractivity contribution is 7.99. The summed E-state index contributed by atoms with van der Waals surface area (Å²) in [6.45, 7) is 1.85. The van der Waals surface area contributed by atoms with Crippen molar-refractivity contribution in [1.82, 2.24) is 0 Å². The topological polar surface area (TPSA) is 80.3 Å². The molecule has 2 aromatic rings. The van der Waals surface area contributed by atoms with Crippen molar-refractivity contribution in [2.24, 2.45) is 0 Å². The van der Waals surface area contributed by atoms with E-state index in [1.54, 1.807) is 0 Å². The molecule has 2 heterocycles. The number of benzene rings is 2. The zero-order valence-corrected chi connectivity index (χ0v) is 17.2. The van der Waals surface area contributed by atoms with E-state index in [0.717, 1.165) is 10.5 Å². The molecule has 0 aromatic heterocycles. The number of thioether (sulfide) groups is 1. The number of esters is 1. The second-order valence-electron chi connectivity index (χ2n) is 6.96. The van der Waals surface area contributed by atoms with Gasteiger partial charge in [0.2, 0.25) is 0 Å². The van der Waals surface area contributed by atoms with Gasteiger partial charge in [-0.05, 0) is 17.7 Å². The van der Waals surface area contributed by atoms with Crippen molar-refractivity contribution in [2.75, 3.05) is 6.61 Å². The van der Waals surface area contributed by atoms with Gasteiger partial charge in [0.25, 0.3) is 0 Å². The first-order valence-corrected chi connectivity index (χ1v) is 10.5. The van der Waals surface area contributed by atoms with Crippen molar-refractivity contribution in [2.45, 2.75) is 48.3 Å². The molecule has 2 fully saturated rings. The summed E-state index contributed by atoms with van der Waals surface area (Å²) in [5.41, 5.74) is 0.488. The minimum atomic E-state index is -0.817. The van der Waals surface area contributed by atoms with E-state index in [9.17, 15) is 9.59 Å². The molecule has 8 heteroatoms. The Morgan fingerprint density at radius 1 is 1.00 bits per heavy atom. The Labute approximate surface area is 178 Å². The van der Waals surface area contributed by atoms with E-state index < -0.39 is 42.0 Å². The van der Waals surface area contributed by atoms with Gasteiger partial charge in [0, 0.05) is 11.8 Å². The van der Waals surface area contributed by atoms with Gasteiger partial charge in [0.15, 0.2) is 18.3 Å².